The summed E-state index contributed by atoms with van der Waals surface area (Å²) < 4.78 is 13.7. The largest absolute Gasteiger partial charge is 0.456 e. The van der Waals surface area contributed by atoms with Crippen molar-refractivity contribution in [3.8, 4) is 124 Å². The molecule has 0 amide bonds. The van der Waals surface area contributed by atoms with Gasteiger partial charge in [0, 0.05) is 97.0 Å². The molecule has 6 heterocycles. The molecule has 0 radical (unpaired) electrons. The van der Waals surface area contributed by atoms with E-state index in [1.807, 2.05) is 121 Å². The molecule has 0 atom stereocenters. The molecule has 0 aliphatic carbocycles. The first-order chi connectivity index (χ1) is 55.5. The van der Waals surface area contributed by atoms with Crippen LogP contribution in [0.25, 0.3) is 210 Å². The van der Waals surface area contributed by atoms with E-state index in [2.05, 4.69) is 288 Å². The van der Waals surface area contributed by atoms with E-state index in [9.17, 15) is 0 Å². The van der Waals surface area contributed by atoms with Crippen molar-refractivity contribution in [2.45, 2.75) is 0 Å². The normalized spacial score (nSPS) is 11.6. The fourth-order valence-electron chi connectivity index (χ4n) is 16.1. The molecule has 524 valence electrons. The first kappa shape index (κ1) is 65.5. The van der Waals surface area contributed by atoms with E-state index in [0.29, 0.717) is 34.9 Å². The average molecular weight is 1450 g/mol. The summed E-state index contributed by atoms with van der Waals surface area (Å²) in [6, 6.07) is 136. The lowest BCUT2D eigenvalue weighted by molar-refractivity contribution is 0.669. The Kier molecular flexibility index (Phi) is 16.2. The number of para-hydroxylation sites is 5. The topological polar surface area (TPSA) is 100 Å². The second-order valence-corrected chi connectivity index (χ2v) is 29.1. The van der Waals surface area contributed by atoms with Gasteiger partial charge in [0.1, 0.15) is 11.2 Å². The van der Waals surface area contributed by atoms with Crippen molar-refractivity contribution in [3.63, 3.8) is 0 Å². The number of fused-ring (bicyclic) bond motifs is 12. The Morgan fingerprint density at radius 3 is 1.05 bits per heavy atom. The van der Waals surface area contributed by atoms with Crippen LogP contribution in [0.4, 0.5) is 0 Å². The van der Waals surface area contributed by atoms with Gasteiger partial charge in [0.15, 0.2) is 34.9 Å². The van der Waals surface area contributed by atoms with Crippen molar-refractivity contribution in [2.75, 3.05) is 0 Å². The van der Waals surface area contributed by atoms with Crippen LogP contribution in [-0.4, -0.2) is 39.0 Å². The zero-order chi connectivity index (χ0) is 74.0. The van der Waals surface area contributed by atoms with Crippen molar-refractivity contribution in [1.29, 1.82) is 0 Å². The Hall–Kier alpha value is -14.8. The van der Waals surface area contributed by atoms with Gasteiger partial charge in [-0.25, -0.2) is 29.9 Å². The molecule has 22 rings (SSSR count). The SMILES string of the molecule is c1ccc(-c2nc(-c3ccccc3)nc(-c3cccc(-c4ccccc4)c3-n3c4ccccc4c4cc(-c5ccc6c(c5)oc5ccccc56)ccc43)n2)cc1.c1ccc(-c2nc(-c3ccccc3)nc(-c3cccc(-c4ccccc4)c3-n3c4ccccc4c4ccc(-c5ccc6c(c5)sc5ccccc56)cc43)n2)cc1. The quantitative estimate of drug-likeness (QED) is 0.120. The minimum atomic E-state index is 0.604. The molecule has 9 nitrogen and oxygen atoms in total. The molecular formula is C102H64N8OS. The highest BCUT2D eigenvalue weighted by Crippen LogP contribution is 2.46. The first-order valence-electron chi connectivity index (χ1n) is 37.6. The highest BCUT2D eigenvalue weighted by molar-refractivity contribution is 7.25. The van der Waals surface area contributed by atoms with E-state index < -0.39 is 0 Å². The molecule has 22 aromatic rings. The molecule has 112 heavy (non-hydrogen) atoms. The summed E-state index contributed by atoms with van der Waals surface area (Å²) in [6.45, 7) is 0. The summed E-state index contributed by atoms with van der Waals surface area (Å²) >= 11 is 1.85. The smallest absolute Gasteiger partial charge is 0.166 e. The lowest BCUT2D eigenvalue weighted by Crippen LogP contribution is -2.05. The second-order valence-electron chi connectivity index (χ2n) is 28.0. The van der Waals surface area contributed by atoms with Gasteiger partial charge in [0.2, 0.25) is 0 Å². The maximum Gasteiger partial charge on any atom is 0.166 e. The maximum absolute atomic E-state index is 6.30. The van der Waals surface area contributed by atoms with E-state index in [1.54, 1.807) is 0 Å². The van der Waals surface area contributed by atoms with Gasteiger partial charge in [0.05, 0.1) is 33.4 Å². The molecule has 0 aliphatic rings. The maximum atomic E-state index is 6.30. The Balaban J connectivity index is 0.000000141. The number of hydrogen-bond donors (Lipinski definition) is 0. The molecule has 0 fully saturated rings. The Bertz CT molecular complexity index is 7240. The van der Waals surface area contributed by atoms with E-state index in [0.717, 1.165) is 138 Å². The van der Waals surface area contributed by atoms with Gasteiger partial charge in [-0.3, -0.25) is 0 Å². The van der Waals surface area contributed by atoms with Gasteiger partial charge in [0.25, 0.3) is 0 Å². The van der Waals surface area contributed by atoms with Crippen LogP contribution in [0.3, 0.4) is 0 Å². The van der Waals surface area contributed by atoms with Gasteiger partial charge in [-0.05, 0) is 106 Å². The van der Waals surface area contributed by atoms with Crippen LogP contribution in [0.1, 0.15) is 0 Å². The van der Waals surface area contributed by atoms with Crippen LogP contribution in [0.15, 0.2) is 393 Å². The molecule has 0 saturated carbocycles. The molecule has 0 unspecified atom stereocenters. The lowest BCUT2D eigenvalue weighted by Gasteiger charge is -2.19. The van der Waals surface area contributed by atoms with Crippen molar-refractivity contribution >= 4 is 97.1 Å². The molecule has 0 bridgehead atoms. The summed E-state index contributed by atoms with van der Waals surface area (Å²) in [6.07, 6.45) is 0. The van der Waals surface area contributed by atoms with Crippen molar-refractivity contribution in [3.05, 3.63) is 388 Å². The molecule has 0 saturated heterocycles. The summed E-state index contributed by atoms with van der Waals surface area (Å²) in [5, 5.41) is 9.55. The summed E-state index contributed by atoms with van der Waals surface area (Å²) in [5.41, 5.74) is 22.7. The fraction of sp³-hybridized carbons (Fsp3) is 0. The lowest BCUT2D eigenvalue weighted by atomic mass is 9.98. The number of furan rings is 1. The van der Waals surface area contributed by atoms with Crippen LogP contribution in [-0.2, 0) is 0 Å². The van der Waals surface area contributed by atoms with E-state index in [4.69, 9.17) is 34.3 Å². The zero-order valence-electron chi connectivity index (χ0n) is 60.3. The molecule has 0 spiro atoms. The Labute approximate surface area is 648 Å². The molecule has 16 aromatic carbocycles. The molecule has 0 aliphatic heterocycles. The second kappa shape index (κ2) is 27.7. The van der Waals surface area contributed by atoms with Gasteiger partial charge < -0.3 is 13.6 Å². The third-order valence-electron chi connectivity index (χ3n) is 21.3. The van der Waals surface area contributed by atoms with Crippen molar-refractivity contribution in [1.82, 2.24) is 39.0 Å². The van der Waals surface area contributed by atoms with Crippen LogP contribution in [0.2, 0.25) is 0 Å². The number of hydrogen-bond acceptors (Lipinski definition) is 8. The fourth-order valence-corrected chi connectivity index (χ4v) is 17.2. The van der Waals surface area contributed by atoms with Crippen molar-refractivity contribution < 1.29 is 4.42 Å². The first-order valence-corrected chi connectivity index (χ1v) is 38.4. The predicted octanol–water partition coefficient (Wildman–Crippen LogP) is 26.9. The van der Waals surface area contributed by atoms with Gasteiger partial charge >= 0.3 is 0 Å². The highest BCUT2D eigenvalue weighted by Gasteiger charge is 2.26. The Morgan fingerprint density at radius 2 is 0.527 bits per heavy atom. The third kappa shape index (κ3) is 11.6. The molecule has 0 N–H and O–H groups in total. The van der Waals surface area contributed by atoms with Gasteiger partial charge in [-0.1, -0.05) is 315 Å². The number of nitrogens with zero attached hydrogens (tertiary/aromatic N) is 8. The van der Waals surface area contributed by atoms with Crippen LogP contribution in [0, 0.1) is 0 Å². The highest BCUT2D eigenvalue weighted by atomic mass is 32.1. The summed E-state index contributed by atoms with van der Waals surface area (Å²) in [7, 11) is 0. The third-order valence-corrected chi connectivity index (χ3v) is 22.5. The van der Waals surface area contributed by atoms with Crippen LogP contribution >= 0.6 is 11.3 Å². The van der Waals surface area contributed by atoms with E-state index in [-0.39, 0.29) is 0 Å². The standard InChI is InChI=1S/C51H32N4O.C51H32N4S/c1-4-15-33(16-5-1)38-23-14-24-42(51-53-49(34-17-6-2-7-18-34)52-50(54-51)35-19-8-3-9-20-35)48(38)55-44-25-12-10-21-39(44)43-31-36(28-30-45(43)55)37-27-29-41-40-22-11-13-26-46(40)56-47(41)32-37;1-4-15-33(16-5-1)38-23-14-24-43(51-53-49(34-17-6-2-7-18-34)52-50(54-51)35-19-8-3-9-20-35)48(38)55-44-25-12-10-21-39(44)40-29-27-36(31-45(40)55)37-28-30-42-41-22-11-13-26-46(41)56-47(42)32-37/h2*1-32H. The van der Waals surface area contributed by atoms with Crippen molar-refractivity contribution in [2.24, 2.45) is 0 Å². The minimum absolute atomic E-state index is 0.604. The van der Waals surface area contributed by atoms with Gasteiger partial charge in [-0.15, -0.1) is 11.3 Å². The van der Waals surface area contributed by atoms with E-state index >= 15 is 0 Å². The predicted molar refractivity (Wildman–Crippen MR) is 463 cm³/mol. The van der Waals surface area contributed by atoms with Gasteiger partial charge in [-0.2, -0.15) is 0 Å². The number of aromatic nitrogens is 8. The van der Waals surface area contributed by atoms with Crippen LogP contribution < -0.4 is 0 Å². The molecule has 10 heteroatoms. The van der Waals surface area contributed by atoms with E-state index in [1.165, 1.54) is 36.5 Å². The minimum Gasteiger partial charge on any atom is -0.456 e. The molecule has 6 aromatic heterocycles. The Morgan fingerprint density at radius 1 is 0.188 bits per heavy atom. The summed E-state index contributed by atoms with van der Waals surface area (Å²) in [4.78, 5) is 30.9. The average Bonchev–Trinajstić information content (AvgIpc) is 1.57. The number of benzene rings is 16. The number of rotatable bonds is 12. The van der Waals surface area contributed by atoms with Crippen LogP contribution in [0.5, 0.6) is 0 Å². The zero-order valence-corrected chi connectivity index (χ0v) is 61.2. The number of thiophene rings is 1. The monoisotopic (exact) mass is 1450 g/mol. The molecular weight excluding hydrogens is 1390 g/mol. The summed E-state index contributed by atoms with van der Waals surface area (Å²) in [5.74, 6) is 3.73.